The molecule has 6 rings (SSSR count). The summed E-state index contributed by atoms with van der Waals surface area (Å²) >= 11 is 0. The molecule has 0 N–H and O–H groups in total. The van der Waals surface area contributed by atoms with Gasteiger partial charge in [-0.15, -0.1) is 0 Å². The average Bonchev–Trinajstić information content (AvgIpc) is 3.53. The fourth-order valence-corrected chi connectivity index (χ4v) is 6.06. The van der Waals surface area contributed by atoms with E-state index in [-0.39, 0.29) is 12.0 Å². The zero-order valence-electron chi connectivity index (χ0n) is 22.0. The Balaban J connectivity index is 1.27. The highest BCUT2D eigenvalue weighted by Gasteiger charge is 2.55. The van der Waals surface area contributed by atoms with E-state index in [9.17, 15) is 4.79 Å². The minimum absolute atomic E-state index is 0.0132. The van der Waals surface area contributed by atoms with Crippen LogP contribution in [0, 0.1) is 0 Å². The quantitative estimate of drug-likeness (QED) is 0.198. The van der Waals surface area contributed by atoms with Gasteiger partial charge in [-0.05, 0) is 40.7 Å². The summed E-state index contributed by atoms with van der Waals surface area (Å²) in [6, 6.07) is 41.1. The van der Waals surface area contributed by atoms with E-state index in [0.29, 0.717) is 26.1 Å². The fraction of sp³-hybridized carbons (Fsp3) is 0.229. The van der Waals surface area contributed by atoms with E-state index in [0.717, 1.165) is 34.2 Å². The Hall–Kier alpha value is -3.99. The van der Waals surface area contributed by atoms with Crippen LogP contribution in [0.25, 0.3) is 0 Å². The van der Waals surface area contributed by atoms with Gasteiger partial charge in [0.15, 0.2) is 5.60 Å². The number of hydrogen-bond acceptors (Lipinski definition) is 3. The van der Waals surface area contributed by atoms with Gasteiger partial charge in [0, 0.05) is 13.1 Å². The summed E-state index contributed by atoms with van der Waals surface area (Å²) in [5.74, 6) is 0.0132. The third-order valence-corrected chi connectivity index (χ3v) is 8.01. The van der Waals surface area contributed by atoms with E-state index >= 15 is 0 Å². The highest BCUT2D eigenvalue weighted by atomic mass is 16.6. The summed E-state index contributed by atoms with van der Waals surface area (Å²) in [7, 11) is 0. The first kappa shape index (κ1) is 25.3. The summed E-state index contributed by atoms with van der Waals surface area (Å²) in [6.45, 7) is 5.71. The zero-order chi connectivity index (χ0) is 26.7. The van der Waals surface area contributed by atoms with E-state index in [2.05, 4.69) is 43.0 Å². The van der Waals surface area contributed by atoms with Crippen LogP contribution in [0.1, 0.15) is 35.1 Å². The van der Waals surface area contributed by atoms with Gasteiger partial charge in [0.2, 0.25) is 0 Å². The molecule has 39 heavy (non-hydrogen) atoms. The predicted octanol–water partition coefficient (Wildman–Crippen LogP) is 6.51. The van der Waals surface area contributed by atoms with Crippen LogP contribution in [-0.4, -0.2) is 35.7 Å². The molecular weight excluding hydrogens is 482 g/mol. The van der Waals surface area contributed by atoms with Crippen molar-refractivity contribution in [3.05, 3.63) is 156 Å². The molecule has 4 aromatic rings. The number of amides is 1. The number of nitrogens with zero attached hydrogens (tertiary/aromatic N) is 1. The Kier molecular flexibility index (Phi) is 6.90. The van der Waals surface area contributed by atoms with Crippen molar-refractivity contribution >= 4 is 5.91 Å². The summed E-state index contributed by atoms with van der Waals surface area (Å²) in [5, 5.41) is 0. The molecule has 1 amide bonds. The molecule has 2 aliphatic rings. The normalized spacial score (nSPS) is 21.1. The Bertz CT molecular complexity index is 1330. The van der Waals surface area contributed by atoms with Crippen LogP contribution in [0.5, 0.6) is 0 Å². The molecule has 1 spiro atoms. The topological polar surface area (TPSA) is 38.8 Å². The molecule has 2 atom stereocenters. The second kappa shape index (κ2) is 10.6. The molecule has 4 aromatic carbocycles. The van der Waals surface area contributed by atoms with Crippen LogP contribution in [0.3, 0.4) is 0 Å². The molecule has 0 aromatic heterocycles. The van der Waals surface area contributed by atoms with Gasteiger partial charge in [-0.25, -0.2) is 0 Å². The van der Waals surface area contributed by atoms with E-state index in [1.807, 2.05) is 89.8 Å². The lowest BCUT2D eigenvalue weighted by molar-refractivity contribution is -0.149. The Morgan fingerprint density at radius 2 is 1.28 bits per heavy atom. The molecule has 4 heteroatoms. The van der Waals surface area contributed by atoms with E-state index < -0.39 is 11.2 Å². The highest BCUT2D eigenvalue weighted by Crippen LogP contribution is 2.45. The first-order valence-electron chi connectivity index (χ1n) is 13.6. The molecule has 4 nitrogen and oxygen atoms in total. The van der Waals surface area contributed by atoms with Crippen molar-refractivity contribution in [3.63, 3.8) is 0 Å². The Morgan fingerprint density at radius 1 is 0.795 bits per heavy atom. The van der Waals surface area contributed by atoms with Crippen LogP contribution < -0.4 is 0 Å². The van der Waals surface area contributed by atoms with E-state index in [1.54, 1.807) is 0 Å². The number of benzene rings is 4. The largest absolute Gasteiger partial charge is 0.358 e. The van der Waals surface area contributed by atoms with E-state index in [4.69, 9.17) is 9.47 Å². The van der Waals surface area contributed by atoms with Gasteiger partial charge in [0.05, 0.1) is 12.7 Å². The molecule has 1 unspecified atom stereocenters. The second-order valence-electron chi connectivity index (χ2n) is 10.4. The molecule has 0 radical (unpaired) electrons. The Labute approximate surface area is 230 Å². The van der Waals surface area contributed by atoms with Crippen LogP contribution in [-0.2, 0) is 26.4 Å². The lowest BCUT2D eigenvalue weighted by atomic mass is 9.80. The molecule has 2 saturated heterocycles. The number of carbonyl (C=O) groups is 1. The third kappa shape index (κ3) is 4.60. The molecule has 0 bridgehead atoms. The fourth-order valence-electron chi connectivity index (χ4n) is 6.06. The van der Waals surface area contributed by atoms with Crippen molar-refractivity contribution in [2.24, 2.45) is 0 Å². The monoisotopic (exact) mass is 515 g/mol. The van der Waals surface area contributed by atoms with Gasteiger partial charge in [-0.2, -0.15) is 0 Å². The van der Waals surface area contributed by atoms with Gasteiger partial charge in [-0.1, -0.05) is 128 Å². The summed E-state index contributed by atoms with van der Waals surface area (Å²) < 4.78 is 13.6. The van der Waals surface area contributed by atoms with Crippen molar-refractivity contribution < 1.29 is 14.3 Å². The van der Waals surface area contributed by atoms with E-state index in [1.165, 1.54) is 0 Å². The van der Waals surface area contributed by atoms with Crippen molar-refractivity contribution in [3.8, 4) is 0 Å². The van der Waals surface area contributed by atoms with Crippen LogP contribution in [0.4, 0.5) is 0 Å². The zero-order valence-corrected chi connectivity index (χ0v) is 22.0. The minimum Gasteiger partial charge on any atom is -0.358 e. The van der Waals surface area contributed by atoms with Crippen molar-refractivity contribution in [1.29, 1.82) is 0 Å². The maximum Gasteiger partial charge on any atom is 0.259 e. The highest BCUT2D eigenvalue weighted by molar-refractivity contribution is 5.92. The summed E-state index contributed by atoms with van der Waals surface area (Å²) in [4.78, 5) is 15.5. The standard InChI is InChI=1S/C35H33NO3/c1-27-24-36(25-28-14-6-2-7-15-28)33(37)34(27)23-22-32(39-34)26-38-35(29-16-8-3-9-17-29,30-18-10-4-11-19-30)31-20-12-5-13-21-31/h2-21,32H,1,22-26H2/t32?,34-/m0/s1. The molecule has 2 fully saturated rings. The summed E-state index contributed by atoms with van der Waals surface area (Å²) in [6.07, 6.45) is 1.13. The first-order chi connectivity index (χ1) is 19.1. The summed E-state index contributed by atoms with van der Waals surface area (Å²) in [5.41, 5.74) is 3.30. The van der Waals surface area contributed by atoms with Crippen molar-refractivity contribution in [1.82, 2.24) is 4.90 Å². The maximum atomic E-state index is 13.7. The first-order valence-corrected chi connectivity index (χ1v) is 13.6. The predicted molar refractivity (Wildman–Crippen MR) is 153 cm³/mol. The molecule has 2 heterocycles. The van der Waals surface area contributed by atoms with Gasteiger partial charge in [0.1, 0.15) is 5.60 Å². The van der Waals surface area contributed by atoms with Gasteiger partial charge < -0.3 is 14.4 Å². The van der Waals surface area contributed by atoms with Crippen molar-refractivity contribution in [2.75, 3.05) is 13.2 Å². The molecule has 0 aliphatic carbocycles. The molecule has 196 valence electrons. The molecular formula is C35H33NO3. The minimum atomic E-state index is -0.961. The number of likely N-dealkylation sites (tertiary alicyclic amines) is 1. The lowest BCUT2D eigenvalue weighted by Gasteiger charge is -2.37. The van der Waals surface area contributed by atoms with Crippen LogP contribution >= 0.6 is 0 Å². The van der Waals surface area contributed by atoms with Gasteiger partial charge in [0.25, 0.3) is 5.91 Å². The second-order valence-corrected chi connectivity index (χ2v) is 10.4. The smallest absolute Gasteiger partial charge is 0.259 e. The molecule has 0 saturated carbocycles. The van der Waals surface area contributed by atoms with Gasteiger partial charge in [-0.3, -0.25) is 4.79 Å². The molecule has 2 aliphatic heterocycles. The third-order valence-electron chi connectivity index (χ3n) is 8.01. The number of hydrogen-bond donors (Lipinski definition) is 0. The van der Waals surface area contributed by atoms with Crippen LogP contribution in [0.2, 0.25) is 0 Å². The van der Waals surface area contributed by atoms with Crippen LogP contribution in [0.15, 0.2) is 133 Å². The SMILES string of the molecule is C=C1CN(Cc2ccccc2)C(=O)[C@]12CCC(COC(c1ccccc1)(c1ccccc1)c1ccccc1)O2. The number of rotatable bonds is 8. The Morgan fingerprint density at radius 3 is 1.79 bits per heavy atom. The van der Waals surface area contributed by atoms with Gasteiger partial charge >= 0.3 is 0 Å². The lowest BCUT2D eigenvalue weighted by Crippen LogP contribution is -2.41. The number of carbonyl (C=O) groups excluding carboxylic acids is 1. The number of ether oxygens (including phenoxy) is 2. The van der Waals surface area contributed by atoms with Crippen molar-refractivity contribution in [2.45, 2.75) is 36.7 Å². The maximum absolute atomic E-state index is 13.7. The average molecular weight is 516 g/mol.